The van der Waals surface area contributed by atoms with Crippen LogP contribution in [0.3, 0.4) is 0 Å². The van der Waals surface area contributed by atoms with Crippen molar-refractivity contribution in [1.29, 1.82) is 0 Å². The first-order chi connectivity index (χ1) is 9.52. The molecule has 0 aliphatic rings. The van der Waals surface area contributed by atoms with Gasteiger partial charge in [-0.25, -0.2) is 0 Å². The van der Waals surface area contributed by atoms with Crippen LogP contribution in [0.5, 0.6) is 0 Å². The lowest BCUT2D eigenvalue weighted by Crippen LogP contribution is -2.23. The van der Waals surface area contributed by atoms with Crippen LogP contribution in [0, 0.1) is 5.92 Å². The maximum Gasteiger partial charge on any atom is 0.0351 e. The van der Waals surface area contributed by atoms with Crippen molar-refractivity contribution < 1.29 is 4.74 Å². The van der Waals surface area contributed by atoms with Gasteiger partial charge in [0.05, 0.1) is 0 Å². The van der Waals surface area contributed by atoms with Crippen LogP contribution in [0.25, 0.3) is 0 Å². The van der Waals surface area contributed by atoms with Crippen LogP contribution >= 0.6 is 0 Å². The van der Waals surface area contributed by atoms with Crippen LogP contribution in [0.15, 0.2) is 30.3 Å². The molecule has 0 spiro atoms. The van der Waals surface area contributed by atoms with Crippen molar-refractivity contribution in [1.82, 2.24) is 4.90 Å². The molecule has 0 heterocycles. The SMILES string of the molecule is CC(C)CCCCN(C)C(C)c1ccccc1.COC. The quantitative estimate of drug-likeness (QED) is 0.667. The molecule has 0 N–H and O–H groups in total. The number of hydrogen-bond donors (Lipinski definition) is 0. The molecule has 1 aromatic carbocycles. The fourth-order valence-electron chi connectivity index (χ4n) is 2.09. The van der Waals surface area contributed by atoms with E-state index in [-0.39, 0.29) is 0 Å². The molecule has 0 saturated heterocycles. The first-order valence-electron chi connectivity index (χ1n) is 7.68. The lowest BCUT2D eigenvalue weighted by Gasteiger charge is -2.25. The fourth-order valence-corrected chi connectivity index (χ4v) is 2.09. The molecular formula is C18H33NO. The monoisotopic (exact) mass is 279 g/mol. The molecule has 20 heavy (non-hydrogen) atoms. The molecule has 1 aromatic rings. The maximum absolute atomic E-state index is 4.25. The van der Waals surface area contributed by atoms with Gasteiger partial charge in [-0.15, -0.1) is 0 Å². The van der Waals surface area contributed by atoms with Crippen LogP contribution < -0.4 is 0 Å². The number of methoxy groups -OCH3 is 1. The van der Waals surface area contributed by atoms with E-state index in [2.05, 4.69) is 67.8 Å². The van der Waals surface area contributed by atoms with Crippen LogP contribution in [0.1, 0.15) is 51.6 Å². The lowest BCUT2D eigenvalue weighted by molar-refractivity contribution is 0.254. The third-order valence-electron chi connectivity index (χ3n) is 3.49. The average Bonchev–Trinajstić information content (AvgIpc) is 2.44. The van der Waals surface area contributed by atoms with Gasteiger partial charge < -0.3 is 4.74 Å². The summed E-state index contributed by atoms with van der Waals surface area (Å²) in [6.07, 6.45) is 4.02. The second kappa shape index (κ2) is 11.9. The Balaban J connectivity index is 0.00000110. The van der Waals surface area contributed by atoms with Crippen LogP contribution in [0.2, 0.25) is 0 Å². The first kappa shape index (κ1) is 19.1. The number of ether oxygens (including phenoxy) is 1. The summed E-state index contributed by atoms with van der Waals surface area (Å²) in [7, 11) is 5.48. The molecule has 1 unspecified atom stereocenters. The third kappa shape index (κ3) is 9.11. The topological polar surface area (TPSA) is 12.5 Å². The minimum atomic E-state index is 0.523. The minimum absolute atomic E-state index is 0.523. The fraction of sp³-hybridized carbons (Fsp3) is 0.667. The van der Waals surface area contributed by atoms with Gasteiger partial charge in [-0.1, -0.05) is 57.0 Å². The number of rotatable bonds is 7. The van der Waals surface area contributed by atoms with Crippen LogP contribution in [-0.4, -0.2) is 32.7 Å². The summed E-state index contributed by atoms with van der Waals surface area (Å²) in [6.45, 7) is 8.09. The highest BCUT2D eigenvalue weighted by atomic mass is 16.4. The molecule has 0 aliphatic heterocycles. The minimum Gasteiger partial charge on any atom is -0.388 e. The predicted molar refractivity (Wildman–Crippen MR) is 89.1 cm³/mol. The Morgan fingerprint density at radius 2 is 1.55 bits per heavy atom. The molecule has 0 aromatic heterocycles. The number of unbranched alkanes of at least 4 members (excludes halogenated alkanes) is 1. The van der Waals surface area contributed by atoms with Crippen molar-refractivity contribution in [3.63, 3.8) is 0 Å². The smallest absolute Gasteiger partial charge is 0.0351 e. The largest absolute Gasteiger partial charge is 0.388 e. The number of benzene rings is 1. The van der Waals surface area contributed by atoms with E-state index in [1.807, 2.05) is 0 Å². The second-order valence-electron chi connectivity index (χ2n) is 5.87. The van der Waals surface area contributed by atoms with Crippen molar-refractivity contribution in [3.8, 4) is 0 Å². The van der Waals surface area contributed by atoms with E-state index in [4.69, 9.17) is 0 Å². The van der Waals surface area contributed by atoms with E-state index in [1.54, 1.807) is 14.2 Å². The zero-order chi connectivity index (χ0) is 15.4. The predicted octanol–water partition coefficient (Wildman–Crippen LogP) is 4.77. The normalized spacial score (nSPS) is 12.2. The molecule has 0 radical (unpaired) electrons. The van der Waals surface area contributed by atoms with Gasteiger partial charge in [0.1, 0.15) is 0 Å². The highest BCUT2D eigenvalue weighted by molar-refractivity contribution is 5.18. The summed E-state index contributed by atoms with van der Waals surface area (Å²) in [4.78, 5) is 2.45. The molecule has 0 aliphatic carbocycles. The molecule has 116 valence electrons. The van der Waals surface area contributed by atoms with Gasteiger partial charge in [-0.05, 0) is 38.4 Å². The van der Waals surface area contributed by atoms with E-state index < -0.39 is 0 Å². The Hall–Kier alpha value is -0.860. The molecule has 0 amide bonds. The van der Waals surface area contributed by atoms with Gasteiger partial charge in [-0.2, -0.15) is 0 Å². The van der Waals surface area contributed by atoms with Crippen molar-refractivity contribution in [2.24, 2.45) is 5.92 Å². The molecule has 0 saturated carbocycles. The highest BCUT2D eigenvalue weighted by Crippen LogP contribution is 2.18. The summed E-state index contributed by atoms with van der Waals surface area (Å²) in [5, 5.41) is 0. The van der Waals surface area contributed by atoms with Gasteiger partial charge in [-0.3, -0.25) is 4.90 Å². The van der Waals surface area contributed by atoms with Crippen LogP contribution in [0.4, 0.5) is 0 Å². The molecular weight excluding hydrogens is 246 g/mol. The van der Waals surface area contributed by atoms with E-state index in [0.717, 1.165) is 5.92 Å². The van der Waals surface area contributed by atoms with Gasteiger partial charge in [0, 0.05) is 20.3 Å². The van der Waals surface area contributed by atoms with Crippen molar-refractivity contribution in [2.45, 2.75) is 46.1 Å². The third-order valence-corrected chi connectivity index (χ3v) is 3.49. The first-order valence-corrected chi connectivity index (χ1v) is 7.68. The van der Waals surface area contributed by atoms with E-state index >= 15 is 0 Å². The molecule has 1 rings (SSSR count). The Morgan fingerprint density at radius 1 is 1.00 bits per heavy atom. The van der Waals surface area contributed by atoms with Gasteiger partial charge in [0.15, 0.2) is 0 Å². The molecule has 2 nitrogen and oxygen atoms in total. The lowest BCUT2D eigenvalue weighted by atomic mass is 10.0. The maximum atomic E-state index is 4.25. The van der Waals surface area contributed by atoms with Gasteiger partial charge in [0.25, 0.3) is 0 Å². The zero-order valence-corrected chi connectivity index (χ0v) is 14.2. The van der Waals surface area contributed by atoms with Gasteiger partial charge >= 0.3 is 0 Å². The Labute approximate surface area is 126 Å². The summed E-state index contributed by atoms with van der Waals surface area (Å²) in [5.41, 5.74) is 1.42. The summed E-state index contributed by atoms with van der Waals surface area (Å²) in [5.74, 6) is 0.840. The van der Waals surface area contributed by atoms with E-state index in [0.29, 0.717) is 6.04 Å². The zero-order valence-electron chi connectivity index (χ0n) is 14.2. The molecule has 2 heteroatoms. The highest BCUT2D eigenvalue weighted by Gasteiger charge is 2.10. The molecule has 0 fully saturated rings. The van der Waals surface area contributed by atoms with Crippen molar-refractivity contribution in [2.75, 3.05) is 27.8 Å². The van der Waals surface area contributed by atoms with Gasteiger partial charge in [0.2, 0.25) is 0 Å². The Morgan fingerprint density at radius 3 is 2.05 bits per heavy atom. The summed E-state index contributed by atoms with van der Waals surface area (Å²) >= 11 is 0. The molecule has 1 atom stereocenters. The molecule has 0 bridgehead atoms. The van der Waals surface area contributed by atoms with Crippen molar-refractivity contribution in [3.05, 3.63) is 35.9 Å². The standard InChI is InChI=1S/C16H27N.C2H6O/c1-14(2)10-8-9-13-17(4)15(3)16-11-6-5-7-12-16;1-3-2/h5-7,11-12,14-15H,8-10,13H2,1-4H3;1-2H3. The van der Waals surface area contributed by atoms with E-state index in [1.165, 1.54) is 31.4 Å². The number of hydrogen-bond acceptors (Lipinski definition) is 2. The summed E-state index contributed by atoms with van der Waals surface area (Å²) in [6, 6.07) is 11.3. The number of nitrogens with zero attached hydrogens (tertiary/aromatic N) is 1. The Kier molecular flexibility index (Phi) is 11.4. The van der Waals surface area contributed by atoms with E-state index in [9.17, 15) is 0 Å². The average molecular weight is 279 g/mol. The van der Waals surface area contributed by atoms with Crippen molar-refractivity contribution >= 4 is 0 Å². The Bertz CT molecular complexity index is 310. The summed E-state index contributed by atoms with van der Waals surface area (Å²) < 4.78 is 4.25. The van der Waals surface area contributed by atoms with Crippen LogP contribution in [-0.2, 0) is 4.74 Å². The second-order valence-corrected chi connectivity index (χ2v) is 5.87.